The van der Waals surface area contributed by atoms with Crippen molar-refractivity contribution >= 4 is 50.7 Å². The molecule has 0 atom stereocenters. The number of hydrogen-bond donors (Lipinski definition) is 3. The van der Waals surface area contributed by atoms with Crippen molar-refractivity contribution in [3.8, 4) is 22.6 Å². The lowest BCUT2D eigenvalue weighted by Gasteiger charge is -2.36. The van der Waals surface area contributed by atoms with Crippen LogP contribution in [-0.4, -0.2) is 83.4 Å². The number of amides is 2. The van der Waals surface area contributed by atoms with Crippen molar-refractivity contribution in [2.24, 2.45) is 0 Å². The van der Waals surface area contributed by atoms with Crippen molar-refractivity contribution < 1.29 is 41.2 Å². The minimum absolute atomic E-state index is 0.00332. The Bertz CT molecular complexity index is 2690. The number of carbonyl (C=O) groups excluding carboxylic acids is 2. The maximum atomic E-state index is 14.0. The topological polar surface area (TPSA) is 180 Å². The molecule has 0 bridgehead atoms. The molecule has 1 aliphatic rings. The van der Waals surface area contributed by atoms with E-state index in [0.29, 0.717) is 42.2 Å². The van der Waals surface area contributed by atoms with Gasteiger partial charge < -0.3 is 20.2 Å². The van der Waals surface area contributed by atoms with Gasteiger partial charge in [-0.1, -0.05) is 30.3 Å². The van der Waals surface area contributed by atoms with Crippen molar-refractivity contribution in [3.05, 3.63) is 154 Å². The molecule has 5 aromatic carbocycles. The zero-order valence-corrected chi connectivity index (χ0v) is 33.6. The average Bonchev–Trinajstić information content (AvgIpc) is 3.76. The summed E-state index contributed by atoms with van der Waals surface area (Å²) in [6.45, 7) is 1.31. The van der Waals surface area contributed by atoms with Crippen LogP contribution in [0.1, 0.15) is 26.3 Å². The number of aromatic nitrogens is 2. The highest BCUT2D eigenvalue weighted by molar-refractivity contribution is 7.99. The molecule has 314 valence electrons. The van der Waals surface area contributed by atoms with E-state index in [-0.39, 0.29) is 41.3 Å². The van der Waals surface area contributed by atoms with Crippen LogP contribution >= 0.6 is 11.8 Å². The van der Waals surface area contributed by atoms with Crippen LogP contribution in [0, 0.1) is 10.1 Å². The largest absolute Gasteiger partial charge is 0.508 e. The van der Waals surface area contributed by atoms with Gasteiger partial charge in [-0.05, 0) is 84.4 Å². The van der Waals surface area contributed by atoms with E-state index in [4.69, 9.17) is 0 Å². The number of halogens is 3. The monoisotopic (exact) mass is 871 g/mol. The highest BCUT2D eigenvalue weighted by Crippen LogP contribution is 2.33. The number of rotatable bonds is 13. The molecule has 61 heavy (non-hydrogen) atoms. The summed E-state index contributed by atoms with van der Waals surface area (Å²) in [5, 5.41) is 28.9. The van der Waals surface area contributed by atoms with Gasteiger partial charge in [-0.25, -0.2) is 17.8 Å². The highest BCUT2D eigenvalue weighted by atomic mass is 32.2. The van der Waals surface area contributed by atoms with Gasteiger partial charge in [-0.2, -0.15) is 18.3 Å². The van der Waals surface area contributed by atoms with Gasteiger partial charge in [0.2, 0.25) is 0 Å². The van der Waals surface area contributed by atoms with Gasteiger partial charge in [0, 0.05) is 78.0 Å². The number of nitro benzene ring substituents is 1. The first-order valence-corrected chi connectivity index (χ1v) is 21.1. The quantitative estimate of drug-likeness (QED) is 0.0454. The van der Waals surface area contributed by atoms with Crippen LogP contribution in [0.2, 0.25) is 0 Å². The number of phenolic OH excluding ortho intramolecular Hbond substituents is 1. The molecule has 7 rings (SSSR count). The number of sulfonamides is 1. The van der Waals surface area contributed by atoms with Gasteiger partial charge in [-0.3, -0.25) is 19.7 Å². The number of benzene rings is 5. The number of thioether (sulfide) groups is 1. The van der Waals surface area contributed by atoms with E-state index in [0.717, 1.165) is 23.1 Å². The number of piperazine rings is 1. The lowest BCUT2D eigenvalue weighted by atomic mass is 10.1. The van der Waals surface area contributed by atoms with Crippen LogP contribution in [-0.2, 0) is 16.2 Å². The van der Waals surface area contributed by atoms with Gasteiger partial charge >= 0.3 is 6.18 Å². The standard InChI is InChI=1S/C42H36F3N7O7S2/c43-42(44,45)32-21-30(22-34(24-32)51-27-31(26-47-51)29-5-4-6-35(53)23-29)41(55)50-18-16-49(17-19-50)33-11-9-28(10-12-33)40(54)48-61(58,59)37-13-14-38(39(25-37)52(56)57)46-15-20-60-36-7-2-1-3-8-36/h1-14,21-27,46,53H,15-20H2,(H,48,54). The maximum absolute atomic E-state index is 14.0. The number of nitrogens with zero attached hydrogens (tertiary/aromatic N) is 5. The molecule has 0 saturated carbocycles. The number of nitrogens with one attached hydrogen (secondary N) is 2. The molecule has 0 aliphatic carbocycles. The molecule has 19 heteroatoms. The maximum Gasteiger partial charge on any atom is 0.416 e. The fourth-order valence-corrected chi connectivity index (χ4v) is 8.38. The third-order valence-corrected chi connectivity index (χ3v) is 12.1. The van der Waals surface area contributed by atoms with E-state index < -0.39 is 49.1 Å². The van der Waals surface area contributed by atoms with Crippen molar-refractivity contribution in [2.45, 2.75) is 16.0 Å². The van der Waals surface area contributed by atoms with Crippen molar-refractivity contribution in [1.29, 1.82) is 0 Å². The van der Waals surface area contributed by atoms with Gasteiger partial charge in [0.05, 0.1) is 27.3 Å². The van der Waals surface area contributed by atoms with Crippen molar-refractivity contribution in [2.75, 3.05) is 48.7 Å². The van der Waals surface area contributed by atoms with Crippen LogP contribution < -0.4 is 14.9 Å². The molecule has 6 aromatic rings. The third kappa shape index (κ3) is 10.1. The Balaban J connectivity index is 0.965. The summed E-state index contributed by atoms with van der Waals surface area (Å²) in [5.74, 6) is -0.957. The smallest absolute Gasteiger partial charge is 0.416 e. The second-order valence-corrected chi connectivity index (χ2v) is 16.6. The van der Waals surface area contributed by atoms with E-state index in [9.17, 15) is 46.4 Å². The summed E-state index contributed by atoms with van der Waals surface area (Å²) >= 11 is 1.55. The van der Waals surface area contributed by atoms with Gasteiger partial charge in [0.15, 0.2) is 0 Å². The minimum atomic E-state index is -4.75. The molecular formula is C42H36F3N7O7S2. The fourth-order valence-electron chi connectivity index (χ4n) is 6.59. The summed E-state index contributed by atoms with van der Waals surface area (Å²) < 4.78 is 71.6. The van der Waals surface area contributed by atoms with E-state index in [1.807, 2.05) is 40.0 Å². The van der Waals surface area contributed by atoms with E-state index in [1.165, 1.54) is 64.4 Å². The fraction of sp³-hybridized carbons (Fsp3) is 0.167. The predicted molar refractivity (Wildman–Crippen MR) is 224 cm³/mol. The Hall–Kier alpha value is -6.86. The van der Waals surface area contributed by atoms with Crippen LogP contribution in [0.3, 0.4) is 0 Å². The minimum Gasteiger partial charge on any atom is -0.508 e. The molecule has 0 spiro atoms. The Kier molecular flexibility index (Phi) is 12.3. The number of carbonyl (C=O) groups is 2. The molecule has 1 aliphatic heterocycles. The van der Waals surface area contributed by atoms with Gasteiger partial charge in [0.25, 0.3) is 27.5 Å². The highest BCUT2D eigenvalue weighted by Gasteiger charge is 2.33. The summed E-state index contributed by atoms with van der Waals surface area (Å²) in [5.41, 5.74) is 0.279. The Morgan fingerprint density at radius 3 is 2.26 bits per heavy atom. The van der Waals surface area contributed by atoms with E-state index >= 15 is 0 Å². The molecule has 0 unspecified atom stereocenters. The summed E-state index contributed by atoms with van der Waals surface area (Å²) in [4.78, 5) is 41.7. The lowest BCUT2D eigenvalue weighted by Crippen LogP contribution is -2.48. The second-order valence-electron chi connectivity index (χ2n) is 13.8. The zero-order valence-electron chi connectivity index (χ0n) is 32.0. The van der Waals surface area contributed by atoms with Crippen LogP contribution in [0.15, 0.2) is 137 Å². The molecule has 14 nitrogen and oxygen atoms in total. The average molecular weight is 872 g/mol. The molecule has 0 radical (unpaired) electrons. The number of phenols is 1. The number of aromatic hydroxyl groups is 1. The molecule has 1 fully saturated rings. The van der Waals surface area contributed by atoms with Crippen molar-refractivity contribution in [3.63, 3.8) is 0 Å². The summed E-state index contributed by atoms with van der Waals surface area (Å²) in [6.07, 6.45) is -1.80. The Labute approximate surface area is 351 Å². The van der Waals surface area contributed by atoms with E-state index in [2.05, 4.69) is 10.4 Å². The van der Waals surface area contributed by atoms with Crippen LogP contribution in [0.5, 0.6) is 5.75 Å². The number of alkyl halides is 3. The normalized spacial score (nSPS) is 13.2. The second kappa shape index (κ2) is 17.8. The summed E-state index contributed by atoms with van der Waals surface area (Å²) in [6, 6.07) is 28.3. The number of hydrogen-bond acceptors (Lipinski definition) is 11. The number of nitro groups is 1. The first-order chi connectivity index (χ1) is 29.1. The zero-order chi connectivity index (χ0) is 43.3. The van der Waals surface area contributed by atoms with Crippen molar-refractivity contribution in [1.82, 2.24) is 19.4 Å². The molecule has 3 N–H and O–H groups in total. The summed E-state index contributed by atoms with van der Waals surface area (Å²) in [7, 11) is -4.51. The van der Waals surface area contributed by atoms with E-state index in [1.54, 1.807) is 36.0 Å². The predicted octanol–water partition coefficient (Wildman–Crippen LogP) is 7.46. The molecule has 1 saturated heterocycles. The SMILES string of the molecule is O=C(NS(=O)(=O)c1ccc(NCCSc2ccccc2)c([N+](=O)[O-])c1)c1ccc(N2CCN(C(=O)c3cc(-n4cc(-c5cccc(O)c5)cn4)cc(C(F)(F)F)c3)CC2)cc1. The molecular weight excluding hydrogens is 836 g/mol. The lowest BCUT2D eigenvalue weighted by molar-refractivity contribution is -0.384. The Morgan fingerprint density at radius 2 is 1.57 bits per heavy atom. The first-order valence-electron chi connectivity index (χ1n) is 18.6. The van der Waals surface area contributed by atoms with Gasteiger partial charge in [0.1, 0.15) is 11.4 Å². The van der Waals surface area contributed by atoms with Crippen LogP contribution in [0.25, 0.3) is 16.8 Å². The van der Waals surface area contributed by atoms with Gasteiger partial charge in [-0.15, -0.1) is 11.8 Å². The molecule has 2 amide bonds. The number of anilines is 2. The molecule has 1 aromatic heterocycles. The van der Waals surface area contributed by atoms with Crippen LogP contribution in [0.4, 0.5) is 30.2 Å². The first kappa shape index (κ1) is 42.3. The molecule has 2 heterocycles. The third-order valence-electron chi connectivity index (χ3n) is 9.71. The Morgan fingerprint density at radius 1 is 0.836 bits per heavy atom.